The first-order valence-corrected chi connectivity index (χ1v) is 7.36. The third kappa shape index (κ3) is 3.51. The van der Waals surface area contributed by atoms with Crippen molar-refractivity contribution in [3.05, 3.63) is 51.5 Å². The molecule has 0 saturated heterocycles. The number of hydrogen-bond acceptors (Lipinski definition) is 4. The number of rotatable bonds is 5. The van der Waals surface area contributed by atoms with Crippen molar-refractivity contribution in [2.75, 3.05) is 7.05 Å². The second-order valence-electron chi connectivity index (χ2n) is 4.94. The number of hydrogen-bond donors (Lipinski definition) is 0. The molecule has 0 saturated carbocycles. The molecule has 1 atom stereocenters. The number of ketones is 1. The normalized spacial score (nSPS) is 12.7. The van der Waals surface area contributed by atoms with E-state index in [-0.39, 0.29) is 11.3 Å². The van der Waals surface area contributed by atoms with E-state index in [1.54, 1.807) is 19.5 Å². The summed E-state index contributed by atoms with van der Waals surface area (Å²) < 4.78 is 26.6. The van der Waals surface area contributed by atoms with Gasteiger partial charge in [-0.3, -0.25) is 9.69 Å². The lowest BCUT2D eigenvalue weighted by Gasteiger charge is -2.23. The molecule has 2 rings (SSSR count). The average molecular weight is 310 g/mol. The molecule has 0 N–H and O–H groups in total. The zero-order valence-corrected chi connectivity index (χ0v) is 12.9. The lowest BCUT2D eigenvalue weighted by atomic mass is 10.0. The van der Waals surface area contributed by atoms with Gasteiger partial charge in [0.2, 0.25) is 0 Å². The SMILES string of the molecule is Cc1ncsc1CN(C)C(C)C(=O)c1ccc(F)cc1F. The summed E-state index contributed by atoms with van der Waals surface area (Å²) >= 11 is 1.52. The van der Waals surface area contributed by atoms with Crippen LogP contribution >= 0.6 is 11.3 Å². The van der Waals surface area contributed by atoms with Crippen LogP contribution in [0.25, 0.3) is 0 Å². The van der Waals surface area contributed by atoms with E-state index >= 15 is 0 Å². The second-order valence-corrected chi connectivity index (χ2v) is 5.88. The van der Waals surface area contributed by atoms with Crippen molar-refractivity contribution in [3.63, 3.8) is 0 Å². The summed E-state index contributed by atoms with van der Waals surface area (Å²) in [6.45, 7) is 4.18. The number of nitrogens with zero attached hydrogens (tertiary/aromatic N) is 2. The van der Waals surface area contributed by atoms with Gasteiger partial charge in [0.25, 0.3) is 0 Å². The van der Waals surface area contributed by atoms with Crippen molar-refractivity contribution in [2.24, 2.45) is 0 Å². The van der Waals surface area contributed by atoms with Gasteiger partial charge in [-0.2, -0.15) is 0 Å². The van der Waals surface area contributed by atoms with E-state index in [1.165, 1.54) is 17.4 Å². The maximum Gasteiger partial charge on any atom is 0.182 e. The second kappa shape index (κ2) is 6.41. The number of carbonyl (C=O) groups excluding carboxylic acids is 1. The van der Waals surface area contributed by atoms with E-state index in [9.17, 15) is 13.6 Å². The van der Waals surface area contributed by atoms with Crippen molar-refractivity contribution in [1.29, 1.82) is 0 Å². The quantitative estimate of drug-likeness (QED) is 0.793. The molecule has 0 amide bonds. The van der Waals surface area contributed by atoms with E-state index in [0.717, 1.165) is 22.7 Å². The van der Waals surface area contributed by atoms with Crippen LogP contribution in [0.5, 0.6) is 0 Å². The number of aromatic nitrogens is 1. The number of Topliss-reactive ketones (excluding diaryl/α,β-unsaturated/α-hetero) is 1. The van der Waals surface area contributed by atoms with Crippen molar-refractivity contribution in [2.45, 2.75) is 26.4 Å². The Morgan fingerprint density at radius 2 is 2.14 bits per heavy atom. The summed E-state index contributed by atoms with van der Waals surface area (Å²) in [5, 5.41) is 0. The van der Waals surface area contributed by atoms with Crippen molar-refractivity contribution in [3.8, 4) is 0 Å². The monoisotopic (exact) mass is 310 g/mol. The Morgan fingerprint density at radius 3 is 2.71 bits per heavy atom. The van der Waals surface area contributed by atoms with E-state index in [2.05, 4.69) is 4.98 Å². The largest absolute Gasteiger partial charge is 0.292 e. The highest BCUT2D eigenvalue weighted by atomic mass is 32.1. The van der Waals surface area contributed by atoms with Gasteiger partial charge >= 0.3 is 0 Å². The van der Waals surface area contributed by atoms with Gasteiger partial charge in [-0.1, -0.05) is 0 Å². The fourth-order valence-corrected chi connectivity index (χ4v) is 2.80. The molecule has 6 heteroatoms. The first-order valence-electron chi connectivity index (χ1n) is 6.48. The molecule has 1 heterocycles. The maximum atomic E-state index is 13.7. The molecule has 3 nitrogen and oxygen atoms in total. The summed E-state index contributed by atoms with van der Waals surface area (Å²) in [4.78, 5) is 19.4. The van der Waals surface area contributed by atoms with Crippen LogP contribution in [-0.4, -0.2) is 28.8 Å². The van der Waals surface area contributed by atoms with Crippen LogP contribution in [-0.2, 0) is 6.54 Å². The zero-order valence-electron chi connectivity index (χ0n) is 12.1. The molecule has 0 spiro atoms. The maximum absolute atomic E-state index is 13.7. The van der Waals surface area contributed by atoms with Crippen molar-refractivity contribution >= 4 is 17.1 Å². The number of benzene rings is 1. The molecule has 0 radical (unpaired) electrons. The lowest BCUT2D eigenvalue weighted by molar-refractivity contribution is 0.0858. The summed E-state index contributed by atoms with van der Waals surface area (Å²) in [5.74, 6) is -1.88. The summed E-state index contributed by atoms with van der Waals surface area (Å²) in [6, 6.07) is 2.50. The van der Waals surface area contributed by atoms with Crippen LogP contribution in [0.15, 0.2) is 23.7 Å². The van der Waals surface area contributed by atoms with Crippen LogP contribution in [0.3, 0.4) is 0 Å². The van der Waals surface area contributed by atoms with Crippen molar-refractivity contribution in [1.82, 2.24) is 9.88 Å². The Labute approximate surface area is 126 Å². The zero-order chi connectivity index (χ0) is 15.6. The molecule has 21 heavy (non-hydrogen) atoms. The van der Waals surface area contributed by atoms with Gasteiger partial charge in [0, 0.05) is 17.5 Å². The highest BCUT2D eigenvalue weighted by Crippen LogP contribution is 2.18. The molecule has 0 aliphatic rings. The van der Waals surface area contributed by atoms with Crippen molar-refractivity contribution < 1.29 is 13.6 Å². The summed E-state index contributed by atoms with van der Waals surface area (Å²) in [7, 11) is 1.79. The smallest absolute Gasteiger partial charge is 0.182 e. The standard InChI is InChI=1S/C15H16F2N2OS/c1-9-14(21-8-18-9)7-19(3)10(2)15(20)12-5-4-11(16)6-13(12)17/h4-6,8,10H,7H2,1-3H3. The number of carbonyl (C=O) groups is 1. The first-order chi connectivity index (χ1) is 9.90. The Bertz CT molecular complexity index is 657. The van der Waals surface area contributed by atoms with E-state index in [4.69, 9.17) is 0 Å². The van der Waals surface area contributed by atoms with E-state index < -0.39 is 17.7 Å². The fourth-order valence-electron chi connectivity index (χ4n) is 1.96. The molecule has 1 unspecified atom stereocenters. The predicted octanol–water partition coefficient (Wildman–Crippen LogP) is 3.43. The Balaban J connectivity index is 2.13. The van der Waals surface area contributed by atoms with E-state index in [0.29, 0.717) is 6.54 Å². The molecule has 1 aromatic carbocycles. The Hall–Kier alpha value is -1.66. The summed E-state index contributed by atoms with van der Waals surface area (Å²) in [6.07, 6.45) is 0. The van der Waals surface area contributed by atoms with Crippen LogP contribution in [0.4, 0.5) is 8.78 Å². The minimum atomic E-state index is -0.825. The van der Waals surface area contributed by atoms with Crippen LogP contribution in [0.1, 0.15) is 27.9 Å². The van der Waals surface area contributed by atoms with Gasteiger partial charge in [-0.05, 0) is 33.0 Å². The van der Waals surface area contributed by atoms with E-state index in [1.807, 2.05) is 11.8 Å². The first kappa shape index (κ1) is 15.7. The minimum Gasteiger partial charge on any atom is -0.292 e. The molecular weight excluding hydrogens is 294 g/mol. The number of likely N-dealkylation sites (N-methyl/N-ethyl adjacent to an activating group) is 1. The molecule has 0 aliphatic heterocycles. The minimum absolute atomic E-state index is 0.0863. The van der Waals surface area contributed by atoms with Gasteiger partial charge in [0.1, 0.15) is 11.6 Å². The third-order valence-electron chi connectivity index (χ3n) is 3.48. The number of halogens is 2. The highest BCUT2D eigenvalue weighted by Gasteiger charge is 2.23. The Morgan fingerprint density at radius 1 is 1.43 bits per heavy atom. The molecule has 112 valence electrons. The number of aryl methyl sites for hydroxylation is 1. The topological polar surface area (TPSA) is 33.2 Å². The van der Waals surface area contributed by atoms with Gasteiger partial charge in [0.15, 0.2) is 5.78 Å². The molecule has 1 aromatic heterocycles. The fraction of sp³-hybridized carbons (Fsp3) is 0.333. The summed E-state index contributed by atoms with van der Waals surface area (Å²) in [5.41, 5.74) is 2.60. The van der Waals surface area contributed by atoms with Crippen LogP contribution in [0.2, 0.25) is 0 Å². The van der Waals surface area contributed by atoms with Gasteiger partial charge in [-0.25, -0.2) is 13.8 Å². The lowest BCUT2D eigenvalue weighted by Crippen LogP contribution is -2.36. The number of thiazole rings is 1. The molecule has 0 fully saturated rings. The highest BCUT2D eigenvalue weighted by molar-refractivity contribution is 7.09. The predicted molar refractivity (Wildman–Crippen MR) is 78.5 cm³/mol. The van der Waals surface area contributed by atoms with Crippen LogP contribution in [0, 0.1) is 18.6 Å². The average Bonchev–Trinajstić information content (AvgIpc) is 2.82. The Kier molecular flexibility index (Phi) is 4.80. The van der Waals surface area contributed by atoms with Gasteiger partial charge < -0.3 is 0 Å². The van der Waals surface area contributed by atoms with Gasteiger partial charge in [-0.15, -0.1) is 11.3 Å². The molecular formula is C15H16F2N2OS. The molecule has 0 bridgehead atoms. The molecule has 0 aliphatic carbocycles. The van der Waals surface area contributed by atoms with Gasteiger partial charge in [0.05, 0.1) is 22.8 Å². The van der Waals surface area contributed by atoms with Crippen LogP contribution < -0.4 is 0 Å². The third-order valence-corrected chi connectivity index (χ3v) is 4.39. The molecule has 2 aromatic rings.